The Morgan fingerprint density at radius 1 is 1.04 bits per heavy atom. The molecule has 0 fully saturated rings. The molecule has 0 saturated heterocycles. The fourth-order valence-electron chi connectivity index (χ4n) is 5.84. The molecule has 2 aromatic heterocycles. The summed E-state index contributed by atoms with van der Waals surface area (Å²) in [6.45, 7) is 5.86. The molecule has 5 aromatic rings. The van der Waals surface area contributed by atoms with E-state index >= 15 is 0 Å². The van der Waals surface area contributed by atoms with Gasteiger partial charge in [0.2, 0.25) is 20.1 Å². The lowest BCUT2D eigenvalue weighted by Crippen LogP contribution is -2.40. The number of hydrogen-bond acceptors (Lipinski definition) is 7. The maximum absolute atomic E-state index is 13.2. The Hall–Kier alpha value is -4.78. The van der Waals surface area contributed by atoms with E-state index in [9.17, 15) is 14.4 Å². The van der Waals surface area contributed by atoms with Crippen LogP contribution in [0, 0.1) is 6.92 Å². The first kappa shape index (κ1) is 32.2. The number of carbonyl (C=O) groups is 2. The number of amides is 2. The minimum atomic E-state index is -2.49. The molecule has 2 amide bonds. The number of methoxy groups -OCH3 is 1. The Labute approximate surface area is 278 Å². The predicted molar refractivity (Wildman–Crippen MR) is 184 cm³/mol. The van der Waals surface area contributed by atoms with Crippen LogP contribution >= 0.6 is 11.6 Å². The van der Waals surface area contributed by atoms with Gasteiger partial charge in [0.1, 0.15) is 17.6 Å². The summed E-state index contributed by atoms with van der Waals surface area (Å²) in [4.78, 5) is 44.8. The second-order valence-electron chi connectivity index (χ2n) is 12.0. The summed E-state index contributed by atoms with van der Waals surface area (Å²) in [7, 11) is -0.883. The molecule has 3 heterocycles. The van der Waals surface area contributed by atoms with Crippen LogP contribution in [-0.4, -0.2) is 70.6 Å². The molecule has 11 nitrogen and oxygen atoms in total. The molecule has 1 unspecified atom stereocenters. The summed E-state index contributed by atoms with van der Waals surface area (Å²) in [5, 5.41) is 16.9. The van der Waals surface area contributed by atoms with Crippen molar-refractivity contribution in [3.8, 4) is 11.4 Å². The van der Waals surface area contributed by atoms with E-state index in [2.05, 4.69) is 31.9 Å². The molecule has 0 spiro atoms. The van der Waals surface area contributed by atoms with Crippen molar-refractivity contribution < 1.29 is 19.1 Å². The van der Waals surface area contributed by atoms with Gasteiger partial charge in [-0.3, -0.25) is 19.1 Å². The highest BCUT2D eigenvalue weighted by Crippen LogP contribution is 2.34. The SMILES string of the molecule is COc1ccc2c(c1)C(c1ccc(Cl)cc1)=NC(CC(=O)NCC(=O)NCCc1ccc3[nH]cc([Si](C)(C)O)c3c1)c1nnc(C)n1-2. The minimum absolute atomic E-state index is 0.0445. The molecule has 242 valence electrons. The number of rotatable bonds is 10. The van der Waals surface area contributed by atoms with Crippen LogP contribution in [0.15, 0.2) is 71.9 Å². The molecule has 4 N–H and O–H groups in total. The molecule has 0 radical (unpaired) electrons. The van der Waals surface area contributed by atoms with Gasteiger partial charge in [-0.15, -0.1) is 10.2 Å². The highest BCUT2D eigenvalue weighted by atomic mass is 35.5. The van der Waals surface area contributed by atoms with E-state index in [1.54, 1.807) is 19.2 Å². The fraction of sp³-hybridized carbons (Fsp3) is 0.265. The third-order valence-corrected chi connectivity index (χ3v) is 10.2. The molecule has 47 heavy (non-hydrogen) atoms. The lowest BCUT2D eigenvalue weighted by atomic mass is 10.00. The molecular weight excluding hydrogens is 634 g/mol. The van der Waals surface area contributed by atoms with Crippen LogP contribution in [0.5, 0.6) is 5.75 Å². The summed E-state index contributed by atoms with van der Waals surface area (Å²) < 4.78 is 7.43. The van der Waals surface area contributed by atoms with E-state index in [-0.39, 0.29) is 24.8 Å². The average molecular weight is 670 g/mol. The van der Waals surface area contributed by atoms with Crippen molar-refractivity contribution in [3.63, 3.8) is 0 Å². The zero-order chi connectivity index (χ0) is 33.3. The number of carbonyl (C=O) groups excluding carboxylic acids is 2. The number of aromatic amines is 1. The van der Waals surface area contributed by atoms with Crippen molar-refractivity contribution in [2.24, 2.45) is 4.99 Å². The van der Waals surface area contributed by atoms with E-state index < -0.39 is 14.4 Å². The average Bonchev–Trinajstić information content (AvgIpc) is 3.62. The zero-order valence-corrected chi connectivity index (χ0v) is 28.4. The third kappa shape index (κ3) is 6.85. The minimum Gasteiger partial charge on any atom is -0.497 e. The number of aliphatic imine (C=N–C) groups is 1. The molecule has 6 rings (SSSR count). The zero-order valence-electron chi connectivity index (χ0n) is 26.6. The summed E-state index contributed by atoms with van der Waals surface area (Å²) in [5.74, 6) is 1.19. The Morgan fingerprint density at radius 2 is 1.83 bits per heavy atom. The van der Waals surface area contributed by atoms with E-state index in [1.165, 1.54) is 0 Å². The van der Waals surface area contributed by atoms with Gasteiger partial charge in [-0.1, -0.05) is 29.8 Å². The molecule has 3 aromatic carbocycles. The lowest BCUT2D eigenvalue weighted by molar-refractivity contribution is -0.126. The molecule has 13 heteroatoms. The fourth-order valence-corrected chi connectivity index (χ4v) is 7.26. The second kappa shape index (κ2) is 13.1. The molecule has 1 atom stereocenters. The molecule has 0 saturated carbocycles. The topological polar surface area (TPSA) is 147 Å². The van der Waals surface area contributed by atoms with Crippen molar-refractivity contribution in [1.82, 2.24) is 30.4 Å². The Morgan fingerprint density at radius 3 is 2.57 bits per heavy atom. The maximum Gasteiger partial charge on any atom is 0.239 e. The number of H-pyrrole nitrogens is 1. The molecule has 1 aliphatic heterocycles. The first-order valence-corrected chi connectivity index (χ1v) is 18.6. The normalized spacial score (nSPS) is 14.2. The summed E-state index contributed by atoms with van der Waals surface area (Å²) in [6.07, 6.45) is 2.44. The number of aromatic nitrogens is 4. The number of halogens is 1. The van der Waals surface area contributed by atoms with Crippen LogP contribution in [-0.2, 0) is 16.0 Å². The highest BCUT2D eigenvalue weighted by molar-refractivity contribution is 6.85. The highest BCUT2D eigenvalue weighted by Gasteiger charge is 2.30. The largest absolute Gasteiger partial charge is 0.497 e. The maximum atomic E-state index is 13.2. The van der Waals surface area contributed by atoms with Crippen molar-refractivity contribution in [3.05, 3.63) is 100 Å². The van der Waals surface area contributed by atoms with E-state index in [4.69, 9.17) is 21.3 Å². The molecule has 0 bridgehead atoms. The van der Waals surface area contributed by atoms with Gasteiger partial charge in [0.05, 0.1) is 31.5 Å². The number of benzene rings is 3. The monoisotopic (exact) mass is 669 g/mol. The van der Waals surface area contributed by atoms with Gasteiger partial charge in [0, 0.05) is 39.8 Å². The van der Waals surface area contributed by atoms with Crippen molar-refractivity contribution in [2.45, 2.75) is 38.9 Å². The first-order valence-electron chi connectivity index (χ1n) is 15.3. The smallest absolute Gasteiger partial charge is 0.239 e. The van der Waals surface area contributed by atoms with E-state index in [0.717, 1.165) is 38.5 Å². The van der Waals surface area contributed by atoms with Gasteiger partial charge in [0.15, 0.2) is 5.82 Å². The van der Waals surface area contributed by atoms with Gasteiger partial charge in [-0.25, -0.2) is 0 Å². The predicted octanol–water partition coefficient (Wildman–Crippen LogP) is 3.88. The van der Waals surface area contributed by atoms with Crippen LogP contribution in [0.4, 0.5) is 0 Å². The standard InChI is InChI=1S/C34H36ClN7O4Si/c1-20-40-41-34-28(39-33(22-6-8-23(35)9-7-22)26-16-24(46-2)10-12-29(26)42(20)34)17-31(43)38-19-32(44)36-14-13-21-5-11-27-25(15-21)30(18-37-27)47(3,4)45/h5-12,15-16,18,28,37,45H,13-14,17,19H2,1-4H3,(H,36,44)(H,38,43). The van der Waals surface area contributed by atoms with E-state index in [0.29, 0.717) is 41.1 Å². The first-order chi connectivity index (χ1) is 22.5. The van der Waals surface area contributed by atoms with Crippen molar-refractivity contribution in [2.75, 3.05) is 20.2 Å². The summed E-state index contributed by atoms with van der Waals surface area (Å²) in [6, 6.07) is 18.4. The number of nitrogens with zero attached hydrogens (tertiary/aromatic N) is 4. The summed E-state index contributed by atoms with van der Waals surface area (Å²) >= 11 is 6.19. The molecule has 1 aliphatic rings. The molecular formula is C34H36ClN7O4Si. The van der Waals surface area contributed by atoms with Crippen LogP contribution < -0.4 is 20.6 Å². The Balaban J connectivity index is 1.14. The lowest BCUT2D eigenvalue weighted by Gasteiger charge is -2.14. The quantitative estimate of drug-likeness (QED) is 0.166. The Bertz CT molecular complexity index is 2000. The summed E-state index contributed by atoms with van der Waals surface area (Å²) in [5.41, 5.74) is 5.10. The van der Waals surface area contributed by atoms with Crippen LogP contribution in [0.1, 0.15) is 40.8 Å². The van der Waals surface area contributed by atoms with Crippen LogP contribution in [0.25, 0.3) is 16.6 Å². The van der Waals surface area contributed by atoms with Crippen molar-refractivity contribution >= 4 is 53.5 Å². The van der Waals surface area contributed by atoms with Crippen LogP contribution in [0.2, 0.25) is 18.1 Å². The van der Waals surface area contributed by atoms with Gasteiger partial charge >= 0.3 is 0 Å². The number of ether oxygens (including phenoxy) is 1. The van der Waals surface area contributed by atoms with E-state index in [1.807, 2.05) is 73.2 Å². The van der Waals surface area contributed by atoms with Gasteiger partial charge in [-0.05, 0) is 79.7 Å². The van der Waals surface area contributed by atoms with Gasteiger partial charge in [-0.2, -0.15) is 0 Å². The van der Waals surface area contributed by atoms with Gasteiger partial charge < -0.3 is 25.2 Å². The number of fused-ring (bicyclic) bond motifs is 4. The van der Waals surface area contributed by atoms with Crippen LogP contribution in [0.3, 0.4) is 0 Å². The third-order valence-electron chi connectivity index (χ3n) is 8.22. The molecule has 0 aliphatic carbocycles. The van der Waals surface area contributed by atoms with Crippen molar-refractivity contribution in [1.29, 1.82) is 0 Å². The number of aryl methyl sites for hydroxylation is 1. The number of hydrogen-bond donors (Lipinski definition) is 4. The number of nitrogens with one attached hydrogen (secondary N) is 3. The van der Waals surface area contributed by atoms with Gasteiger partial charge in [0.25, 0.3) is 0 Å². The Kier molecular flexibility index (Phi) is 9.00. The second-order valence-corrected chi connectivity index (χ2v) is 16.1.